The summed E-state index contributed by atoms with van der Waals surface area (Å²) in [7, 11) is 5.48. The van der Waals surface area contributed by atoms with Crippen LogP contribution in [-0.2, 0) is 71.5 Å². The highest BCUT2D eigenvalue weighted by Gasteiger charge is 2.44. The van der Waals surface area contributed by atoms with E-state index in [2.05, 4.69) is 61.2 Å². The zero-order valence-electron chi connectivity index (χ0n) is 58.3. The Labute approximate surface area is 582 Å². The second-order valence-corrected chi connectivity index (χ2v) is 25.0. The van der Waals surface area contributed by atoms with Crippen LogP contribution in [0.15, 0.2) is 108 Å². The zero-order valence-corrected chi connectivity index (χ0v) is 59.8. The lowest BCUT2D eigenvalue weighted by atomic mass is 9.78. The maximum atomic E-state index is 13.5. The number of cyclic esters (lactones) is 3. The van der Waals surface area contributed by atoms with Gasteiger partial charge in [-0.15, -0.1) is 0 Å². The van der Waals surface area contributed by atoms with Gasteiger partial charge >= 0.3 is 29.8 Å². The van der Waals surface area contributed by atoms with Crippen LogP contribution in [0.2, 0.25) is 10.3 Å². The monoisotopic (exact) mass is 1380 g/mol. The summed E-state index contributed by atoms with van der Waals surface area (Å²) in [6, 6.07) is 22.9. The first-order valence-corrected chi connectivity index (χ1v) is 32.1. The number of pyridine rings is 2. The number of nitrogens with one attached hydrogen (secondary N) is 1. The van der Waals surface area contributed by atoms with E-state index < -0.39 is 54.1 Å². The van der Waals surface area contributed by atoms with Crippen molar-refractivity contribution in [1.29, 1.82) is 0 Å². The Balaban J connectivity index is 0.000000230. The fraction of sp³-hybridized carbons (Fsp3) is 0.368. The molecule has 4 aliphatic heterocycles. The molecule has 520 valence electrons. The Bertz CT molecular complexity index is 3860. The minimum absolute atomic E-state index is 0.0326. The molecule has 6 heterocycles. The number of Topliss-reactive ketones (excluding diaryl/α,β-unsaturated/α-hetero) is 3. The van der Waals surface area contributed by atoms with Gasteiger partial charge in [0.15, 0.2) is 12.1 Å². The van der Waals surface area contributed by atoms with E-state index in [0.29, 0.717) is 52.5 Å². The molecule has 0 bridgehead atoms. The van der Waals surface area contributed by atoms with Crippen LogP contribution >= 0.6 is 23.2 Å². The van der Waals surface area contributed by atoms with Gasteiger partial charge in [0.05, 0.1) is 43.6 Å². The van der Waals surface area contributed by atoms with Gasteiger partial charge in [-0.2, -0.15) is 0 Å². The summed E-state index contributed by atoms with van der Waals surface area (Å²) >= 11 is 11.6. The van der Waals surface area contributed by atoms with E-state index >= 15 is 0 Å². The Morgan fingerprint density at radius 2 is 0.969 bits per heavy atom. The number of ketones is 3. The van der Waals surface area contributed by atoms with E-state index in [9.17, 15) is 47.9 Å². The first-order chi connectivity index (χ1) is 46.4. The van der Waals surface area contributed by atoms with Crippen LogP contribution in [0.5, 0.6) is 0 Å². The number of carbonyl (C=O) groups excluding carboxylic acids is 10. The highest BCUT2D eigenvalue weighted by Crippen LogP contribution is 2.46. The van der Waals surface area contributed by atoms with Crippen LogP contribution in [0.1, 0.15) is 172 Å². The Kier molecular flexibility index (Phi) is 30.3. The number of aromatic nitrogens is 2. The van der Waals surface area contributed by atoms with Gasteiger partial charge in [0.1, 0.15) is 72.3 Å². The van der Waals surface area contributed by atoms with E-state index in [0.717, 1.165) is 84.9 Å². The summed E-state index contributed by atoms with van der Waals surface area (Å²) < 4.78 is 35.8. The molecular weight excluding hydrogens is 1300 g/mol. The van der Waals surface area contributed by atoms with Crippen LogP contribution in [0.25, 0.3) is 0 Å². The van der Waals surface area contributed by atoms with Crippen LogP contribution in [0.3, 0.4) is 0 Å². The van der Waals surface area contributed by atoms with Crippen molar-refractivity contribution in [2.24, 2.45) is 0 Å². The number of nitrogens with zero attached hydrogens (tertiary/aromatic N) is 2. The smallest absolute Gasteiger partial charge is 0.337 e. The Morgan fingerprint density at radius 1 is 0.541 bits per heavy atom. The van der Waals surface area contributed by atoms with Crippen molar-refractivity contribution >= 4 is 83.0 Å². The molecule has 20 nitrogen and oxygen atoms in total. The van der Waals surface area contributed by atoms with Crippen molar-refractivity contribution in [3.8, 4) is 0 Å². The highest BCUT2D eigenvalue weighted by molar-refractivity contribution is 6.29. The summed E-state index contributed by atoms with van der Waals surface area (Å²) in [5, 5.41) is 3.90. The molecule has 2 aromatic heterocycles. The molecule has 0 aliphatic carbocycles. The third-order valence-corrected chi connectivity index (χ3v) is 16.4. The molecule has 4 unspecified atom stereocenters. The molecule has 2 saturated heterocycles. The van der Waals surface area contributed by atoms with Gasteiger partial charge in [-0.1, -0.05) is 94.0 Å². The van der Waals surface area contributed by atoms with E-state index in [1.54, 1.807) is 31.5 Å². The molecule has 10 rings (SSSR count). The molecule has 98 heavy (non-hydrogen) atoms. The van der Waals surface area contributed by atoms with Crippen LogP contribution in [-0.4, -0.2) is 111 Å². The lowest BCUT2D eigenvalue weighted by molar-refractivity contribution is -0.159. The second kappa shape index (κ2) is 37.4. The number of rotatable bonds is 13. The SMILES string of the molecule is COCC(=O)CC(=O)OC.COCC1=C(C(=O)OC)C(c2ccnc(Cl)c2)C2=C(CC(c3c(C)cc(C)cc3C)OC2=O)N1.Cc1cc(C)c(C2CC(=O)CC(=O)O2)c(C)c1.Cc1cc(C)c(C2CC(=O)CC(=O)O2)c(C)c1.Cc1cc(C)c(C=O)c(C)c1.O=Cc1ccnc(Cl)c1. The number of hydrogen-bond acceptors (Lipinski definition) is 20. The van der Waals surface area contributed by atoms with Gasteiger partial charge < -0.3 is 38.5 Å². The number of methoxy groups -OCH3 is 4. The van der Waals surface area contributed by atoms with Crippen LogP contribution in [0, 0.1) is 83.1 Å². The molecule has 0 radical (unpaired) electrons. The van der Waals surface area contributed by atoms with E-state index in [1.807, 2.05) is 95.2 Å². The normalized spacial score (nSPS) is 16.8. The molecule has 4 aliphatic rings. The molecule has 2 fully saturated rings. The Hall–Kier alpha value is -9.34. The number of aldehydes is 2. The number of carbonyl (C=O) groups is 10. The predicted molar refractivity (Wildman–Crippen MR) is 369 cm³/mol. The second-order valence-electron chi connectivity index (χ2n) is 24.2. The van der Waals surface area contributed by atoms with Crippen LogP contribution < -0.4 is 5.32 Å². The summed E-state index contributed by atoms with van der Waals surface area (Å²) in [5.41, 5.74) is 20.2. The fourth-order valence-corrected chi connectivity index (χ4v) is 12.8. The summed E-state index contributed by atoms with van der Waals surface area (Å²) in [4.78, 5) is 121. The maximum absolute atomic E-state index is 13.5. The lowest BCUT2D eigenvalue weighted by Gasteiger charge is -2.37. The van der Waals surface area contributed by atoms with E-state index in [-0.39, 0.29) is 60.6 Å². The summed E-state index contributed by atoms with van der Waals surface area (Å²) in [5.74, 6) is -3.48. The number of ether oxygens (including phenoxy) is 7. The number of hydrogen-bond donors (Lipinski definition) is 1. The number of halogens is 2. The van der Waals surface area contributed by atoms with Gasteiger partial charge in [0.2, 0.25) is 0 Å². The van der Waals surface area contributed by atoms with Crippen molar-refractivity contribution < 1.29 is 81.1 Å². The van der Waals surface area contributed by atoms with Crippen molar-refractivity contribution in [3.63, 3.8) is 0 Å². The lowest BCUT2D eigenvalue weighted by Crippen LogP contribution is -2.38. The molecule has 0 saturated carbocycles. The van der Waals surface area contributed by atoms with Crippen molar-refractivity contribution in [3.05, 3.63) is 218 Å². The molecular formula is C76H85Cl2N3O17. The molecule has 4 aromatic carbocycles. The minimum atomic E-state index is -0.733. The summed E-state index contributed by atoms with van der Waals surface area (Å²) in [6.07, 6.45) is 4.10. The summed E-state index contributed by atoms with van der Waals surface area (Å²) in [6.45, 7) is 24.2. The fourth-order valence-electron chi connectivity index (χ4n) is 12.4. The highest BCUT2D eigenvalue weighted by atomic mass is 35.5. The molecule has 4 atom stereocenters. The van der Waals surface area contributed by atoms with Gasteiger partial charge in [0.25, 0.3) is 0 Å². The number of esters is 5. The molecule has 22 heteroatoms. The van der Waals surface area contributed by atoms with Crippen molar-refractivity contribution in [2.75, 3.05) is 41.7 Å². The maximum Gasteiger partial charge on any atom is 0.337 e. The van der Waals surface area contributed by atoms with Crippen molar-refractivity contribution in [2.45, 2.75) is 146 Å². The van der Waals surface area contributed by atoms with E-state index in [1.165, 1.54) is 50.3 Å². The zero-order chi connectivity index (χ0) is 72.8. The average molecular weight is 1380 g/mol. The topological polar surface area (TPSA) is 273 Å². The number of aryl methyl sites for hydroxylation is 12. The number of benzene rings is 4. The molecule has 6 aromatic rings. The molecule has 1 N–H and O–H groups in total. The van der Waals surface area contributed by atoms with Gasteiger partial charge in [-0.05, 0) is 174 Å². The third kappa shape index (κ3) is 22.4. The largest absolute Gasteiger partial charge is 0.469 e. The van der Waals surface area contributed by atoms with Gasteiger partial charge in [0, 0.05) is 62.7 Å². The van der Waals surface area contributed by atoms with Gasteiger partial charge in [-0.3, -0.25) is 38.4 Å². The quantitative estimate of drug-likeness (QED) is 0.0370. The van der Waals surface area contributed by atoms with E-state index in [4.69, 9.17) is 46.9 Å². The first-order valence-electron chi connectivity index (χ1n) is 31.3. The number of dihydropyridines is 1. The minimum Gasteiger partial charge on any atom is -0.469 e. The van der Waals surface area contributed by atoms with Gasteiger partial charge in [-0.25, -0.2) is 19.6 Å². The predicted octanol–water partition coefficient (Wildman–Crippen LogP) is 13.2. The Morgan fingerprint density at radius 3 is 1.34 bits per heavy atom. The molecule has 0 amide bonds. The van der Waals surface area contributed by atoms with Crippen LogP contribution in [0.4, 0.5) is 0 Å². The molecule has 0 spiro atoms. The standard InChI is InChI=1S/C26H27ClN2O5.2C14H16O3.C10H12O.C6H4ClNO.C6H10O4/c1-13-8-14(2)21(15(3)9-13)19-11-17-23(26(31)34-19)22(16-6-7-28-20(27)10-16)24(25(30)33-5)18(29-17)12-32-4;2*1-8-4-9(2)14(10(3)5-8)12-6-11(15)7-13(16)17-12;1-7-4-8(2)10(6-11)9(3)5-7;7-6-3-5(4-9)1-2-8-6;1-9-4-5(7)3-6(8)10-2/h6-10,19,22,29H,11-12H2,1-5H3;2*4-5,12H,6-7H2,1-3H3;4-6H,1-3H3;1-4H;3-4H2,1-2H3. The average Bonchev–Trinajstić information content (AvgIpc) is 0.741. The first kappa shape index (κ1) is 79.3. The third-order valence-electron chi connectivity index (χ3n) is 16.0. The van der Waals surface area contributed by atoms with Crippen molar-refractivity contribution in [1.82, 2.24) is 15.3 Å².